The number of aliphatic hydroxyl groups excluding tert-OH is 1. The average Bonchev–Trinajstić information content (AvgIpc) is 2.26. The summed E-state index contributed by atoms with van der Waals surface area (Å²) in [7, 11) is 0. The maximum absolute atomic E-state index is 11.6. The molecule has 4 nitrogen and oxygen atoms in total. The summed E-state index contributed by atoms with van der Waals surface area (Å²) in [5.74, 6) is 0.500. The molecule has 0 aliphatic heterocycles. The largest absolute Gasteiger partial charge is 0.394 e. The van der Waals surface area contributed by atoms with Gasteiger partial charge < -0.3 is 16.2 Å². The fourth-order valence-corrected chi connectivity index (χ4v) is 1.45. The van der Waals surface area contributed by atoms with Gasteiger partial charge in [-0.15, -0.1) is 0 Å². The van der Waals surface area contributed by atoms with Gasteiger partial charge in [0.25, 0.3) is 0 Å². The lowest BCUT2D eigenvalue weighted by Crippen LogP contribution is -2.48. The molecule has 96 valence electrons. The van der Waals surface area contributed by atoms with Gasteiger partial charge in [-0.05, 0) is 38.6 Å². The number of amides is 1. The summed E-state index contributed by atoms with van der Waals surface area (Å²) in [5.41, 5.74) is 4.97. The highest BCUT2D eigenvalue weighted by Crippen LogP contribution is 2.12. The van der Waals surface area contributed by atoms with Crippen molar-refractivity contribution in [1.82, 2.24) is 5.32 Å². The van der Waals surface area contributed by atoms with Gasteiger partial charge in [0.2, 0.25) is 5.91 Å². The highest BCUT2D eigenvalue weighted by Gasteiger charge is 2.22. The number of nitrogens with one attached hydrogen (secondary N) is 1. The van der Waals surface area contributed by atoms with E-state index in [9.17, 15) is 4.79 Å². The molecule has 0 aromatic heterocycles. The number of carbonyl (C=O) groups is 1. The molecule has 0 bridgehead atoms. The summed E-state index contributed by atoms with van der Waals surface area (Å²) in [4.78, 5) is 11.6. The van der Waals surface area contributed by atoms with Crippen LogP contribution < -0.4 is 11.1 Å². The summed E-state index contributed by atoms with van der Waals surface area (Å²) in [6.07, 6.45) is 3.05. The van der Waals surface area contributed by atoms with E-state index in [4.69, 9.17) is 10.8 Å². The van der Waals surface area contributed by atoms with Gasteiger partial charge in [0.05, 0.1) is 12.1 Å². The Labute approximate surface area is 98.6 Å². The van der Waals surface area contributed by atoms with E-state index in [1.165, 1.54) is 0 Å². The SMILES string of the molecule is CCC(C)(CO)NC(=O)CCC(C)CCN. The number of hydrogen-bond donors (Lipinski definition) is 3. The number of aliphatic hydroxyl groups is 1. The molecule has 2 unspecified atom stereocenters. The van der Waals surface area contributed by atoms with Crippen molar-refractivity contribution >= 4 is 5.91 Å². The second kappa shape index (κ2) is 7.63. The first-order valence-electron chi connectivity index (χ1n) is 6.09. The quantitative estimate of drug-likeness (QED) is 0.583. The van der Waals surface area contributed by atoms with Gasteiger partial charge >= 0.3 is 0 Å². The van der Waals surface area contributed by atoms with Crippen LogP contribution in [-0.2, 0) is 4.79 Å². The fourth-order valence-electron chi connectivity index (χ4n) is 1.45. The number of carbonyl (C=O) groups excluding carboxylic acids is 1. The minimum Gasteiger partial charge on any atom is -0.394 e. The summed E-state index contributed by atoms with van der Waals surface area (Å²) >= 11 is 0. The highest BCUT2D eigenvalue weighted by molar-refractivity contribution is 5.76. The van der Waals surface area contributed by atoms with E-state index < -0.39 is 5.54 Å². The topological polar surface area (TPSA) is 75.3 Å². The monoisotopic (exact) mass is 230 g/mol. The number of rotatable bonds is 8. The van der Waals surface area contributed by atoms with Crippen LogP contribution in [0.1, 0.15) is 46.5 Å². The molecule has 0 saturated carbocycles. The Balaban J connectivity index is 3.90. The highest BCUT2D eigenvalue weighted by atomic mass is 16.3. The lowest BCUT2D eigenvalue weighted by molar-refractivity contribution is -0.123. The minimum atomic E-state index is -0.478. The van der Waals surface area contributed by atoms with Gasteiger partial charge in [-0.25, -0.2) is 0 Å². The van der Waals surface area contributed by atoms with Crippen LogP contribution in [0.2, 0.25) is 0 Å². The van der Waals surface area contributed by atoms with Gasteiger partial charge in [-0.1, -0.05) is 13.8 Å². The lowest BCUT2D eigenvalue weighted by atomic mass is 9.98. The van der Waals surface area contributed by atoms with Crippen LogP contribution in [0.15, 0.2) is 0 Å². The number of nitrogens with two attached hydrogens (primary N) is 1. The minimum absolute atomic E-state index is 0.0160. The Bertz CT molecular complexity index is 203. The normalized spacial score (nSPS) is 16.6. The first-order chi connectivity index (χ1) is 7.47. The molecular formula is C12H26N2O2. The van der Waals surface area contributed by atoms with Crippen LogP contribution >= 0.6 is 0 Å². The summed E-state index contributed by atoms with van der Waals surface area (Å²) in [6, 6.07) is 0. The molecule has 2 atom stereocenters. The smallest absolute Gasteiger partial charge is 0.220 e. The van der Waals surface area contributed by atoms with Gasteiger partial charge in [0.1, 0.15) is 0 Å². The Morgan fingerprint density at radius 2 is 2.12 bits per heavy atom. The maximum atomic E-state index is 11.6. The van der Waals surface area contributed by atoms with E-state index in [0.717, 1.165) is 19.3 Å². The molecule has 0 spiro atoms. The van der Waals surface area contributed by atoms with E-state index in [1.807, 2.05) is 13.8 Å². The Hall–Kier alpha value is -0.610. The van der Waals surface area contributed by atoms with Crippen LogP contribution in [-0.4, -0.2) is 29.7 Å². The molecule has 0 radical (unpaired) electrons. The van der Waals surface area contributed by atoms with Crippen LogP contribution in [0.5, 0.6) is 0 Å². The van der Waals surface area contributed by atoms with Crippen molar-refractivity contribution < 1.29 is 9.90 Å². The molecule has 16 heavy (non-hydrogen) atoms. The van der Waals surface area contributed by atoms with Crippen molar-refractivity contribution in [2.75, 3.05) is 13.2 Å². The molecule has 0 rings (SSSR count). The zero-order chi connectivity index (χ0) is 12.6. The van der Waals surface area contributed by atoms with Crippen molar-refractivity contribution in [3.05, 3.63) is 0 Å². The molecule has 0 aromatic carbocycles. The molecule has 0 aromatic rings. The van der Waals surface area contributed by atoms with Crippen LogP contribution in [0.4, 0.5) is 0 Å². The van der Waals surface area contributed by atoms with Gasteiger partial charge in [-0.2, -0.15) is 0 Å². The summed E-state index contributed by atoms with van der Waals surface area (Å²) in [5, 5.41) is 12.0. The van der Waals surface area contributed by atoms with E-state index in [0.29, 0.717) is 18.9 Å². The molecule has 1 amide bonds. The second-order valence-electron chi connectivity index (χ2n) is 4.84. The zero-order valence-electron chi connectivity index (χ0n) is 10.8. The van der Waals surface area contributed by atoms with Crippen molar-refractivity contribution in [2.45, 2.75) is 52.0 Å². The Kier molecular flexibility index (Phi) is 7.34. The predicted molar refractivity (Wildman–Crippen MR) is 66.0 cm³/mol. The van der Waals surface area contributed by atoms with E-state index in [2.05, 4.69) is 12.2 Å². The van der Waals surface area contributed by atoms with Crippen molar-refractivity contribution in [3.63, 3.8) is 0 Å². The van der Waals surface area contributed by atoms with Crippen LogP contribution in [0, 0.1) is 5.92 Å². The van der Waals surface area contributed by atoms with E-state index >= 15 is 0 Å². The summed E-state index contributed by atoms with van der Waals surface area (Å²) < 4.78 is 0. The first kappa shape index (κ1) is 15.4. The van der Waals surface area contributed by atoms with Gasteiger partial charge in [0, 0.05) is 6.42 Å². The standard InChI is InChI=1S/C12H26N2O2/c1-4-12(3,9-15)14-11(16)6-5-10(2)7-8-13/h10,15H,4-9,13H2,1-3H3,(H,14,16). The maximum Gasteiger partial charge on any atom is 0.220 e. The number of hydrogen-bond acceptors (Lipinski definition) is 3. The van der Waals surface area contributed by atoms with E-state index in [1.54, 1.807) is 0 Å². The Morgan fingerprint density at radius 3 is 2.56 bits per heavy atom. The lowest BCUT2D eigenvalue weighted by Gasteiger charge is -2.27. The predicted octanol–water partition coefficient (Wildman–Crippen LogP) is 1.03. The molecule has 4 heteroatoms. The molecule has 0 saturated heterocycles. The zero-order valence-corrected chi connectivity index (χ0v) is 10.8. The second-order valence-corrected chi connectivity index (χ2v) is 4.84. The first-order valence-corrected chi connectivity index (χ1v) is 6.09. The van der Waals surface area contributed by atoms with Gasteiger partial charge in [-0.3, -0.25) is 4.79 Å². The molecule has 0 fully saturated rings. The van der Waals surface area contributed by atoms with Gasteiger partial charge in [0.15, 0.2) is 0 Å². The van der Waals surface area contributed by atoms with E-state index in [-0.39, 0.29) is 12.5 Å². The molecule has 0 aliphatic carbocycles. The van der Waals surface area contributed by atoms with Crippen molar-refractivity contribution in [3.8, 4) is 0 Å². The summed E-state index contributed by atoms with van der Waals surface area (Å²) in [6.45, 7) is 6.56. The molecule has 4 N–H and O–H groups in total. The molecule has 0 aliphatic rings. The van der Waals surface area contributed by atoms with Crippen LogP contribution in [0.3, 0.4) is 0 Å². The molecule has 0 heterocycles. The fraction of sp³-hybridized carbons (Fsp3) is 0.917. The van der Waals surface area contributed by atoms with Crippen molar-refractivity contribution in [2.24, 2.45) is 11.7 Å². The third-order valence-electron chi connectivity index (χ3n) is 3.09. The third kappa shape index (κ3) is 6.08. The third-order valence-corrected chi connectivity index (χ3v) is 3.09. The van der Waals surface area contributed by atoms with Crippen LogP contribution in [0.25, 0.3) is 0 Å². The van der Waals surface area contributed by atoms with Crippen molar-refractivity contribution in [1.29, 1.82) is 0 Å². The molecular weight excluding hydrogens is 204 g/mol. The average molecular weight is 230 g/mol. The Morgan fingerprint density at radius 1 is 1.50 bits per heavy atom.